The fraction of sp³-hybridized carbons (Fsp3) is 0.312. The van der Waals surface area contributed by atoms with Crippen molar-refractivity contribution in [3.05, 3.63) is 47.5 Å². The molecular formula is C16H19N3O4. The first-order valence-corrected chi connectivity index (χ1v) is 7.09. The SMILES string of the molecule is COCCN(C)c1ccc(/C=C/C(=O)c2cc(CO)on2)cn1. The van der Waals surface area contributed by atoms with Gasteiger partial charge in [-0.3, -0.25) is 4.79 Å². The molecule has 0 saturated heterocycles. The number of carbonyl (C=O) groups is 1. The summed E-state index contributed by atoms with van der Waals surface area (Å²) in [6.45, 7) is 1.09. The summed E-state index contributed by atoms with van der Waals surface area (Å²) < 4.78 is 9.81. The van der Waals surface area contributed by atoms with E-state index in [4.69, 9.17) is 14.4 Å². The van der Waals surface area contributed by atoms with Gasteiger partial charge in [-0.1, -0.05) is 5.16 Å². The minimum atomic E-state index is -0.297. The summed E-state index contributed by atoms with van der Waals surface area (Å²) in [6.07, 6.45) is 4.73. The molecule has 2 aromatic rings. The van der Waals surface area contributed by atoms with Crippen LogP contribution in [-0.4, -0.2) is 48.3 Å². The zero-order valence-electron chi connectivity index (χ0n) is 13.1. The van der Waals surface area contributed by atoms with E-state index in [1.807, 2.05) is 24.1 Å². The average Bonchev–Trinajstić information content (AvgIpc) is 3.07. The van der Waals surface area contributed by atoms with Crippen LogP contribution in [0.25, 0.3) is 6.08 Å². The number of allylic oxidation sites excluding steroid dienone is 1. The molecule has 0 atom stereocenters. The first kappa shape index (κ1) is 16.9. The molecule has 7 nitrogen and oxygen atoms in total. The maximum Gasteiger partial charge on any atom is 0.207 e. The summed E-state index contributed by atoms with van der Waals surface area (Å²) in [5.41, 5.74) is 0.960. The van der Waals surface area contributed by atoms with Gasteiger partial charge in [0, 0.05) is 33.0 Å². The summed E-state index contributed by atoms with van der Waals surface area (Å²) in [7, 11) is 3.59. The van der Waals surface area contributed by atoms with Gasteiger partial charge in [-0.15, -0.1) is 0 Å². The normalized spacial score (nSPS) is 11.1. The summed E-state index contributed by atoms with van der Waals surface area (Å²) in [4.78, 5) is 18.2. The fourth-order valence-corrected chi connectivity index (χ4v) is 1.83. The van der Waals surface area contributed by atoms with Gasteiger partial charge in [-0.2, -0.15) is 0 Å². The Balaban J connectivity index is 1.98. The second kappa shape index (κ2) is 8.21. The lowest BCUT2D eigenvalue weighted by Crippen LogP contribution is -2.22. The molecule has 0 aromatic carbocycles. The molecule has 0 saturated carbocycles. The zero-order chi connectivity index (χ0) is 16.7. The monoisotopic (exact) mass is 317 g/mol. The Morgan fingerprint density at radius 2 is 2.30 bits per heavy atom. The van der Waals surface area contributed by atoms with E-state index >= 15 is 0 Å². The first-order valence-electron chi connectivity index (χ1n) is 7.09. The van der Waals surface area contributed by atoms with E-state index in [1.54, 1.807) is 19.4 Å². The van der Waals surface area contributed by atoms with Crippen molar-refractivity contribution in [3.63, 3.8) is 0 Å². The molecule has 2 heterocycles. The van der Waals surface area contributed by atoms with E-state index in [9.17, 15) is 4.79 Å². The van der Waals surface area contributed by atoms with Crippen molar-refractivity contribution in [2.24, 2.45) is 0 Å². The molecule has 1 N–H and O–H groups in total. The lowest BCUT2D eigenvalue weighted by molar-refractivity contribution is 0.103. The first-order chi connectivity index (χ1) is 11.1. The third-order valence-corrected chi connectivity index (χ3v) is 3.19. The number of carbonyl (C=O) groups excluding carboxylic acids is 1. The molecule has 0 unspecified atom stereocenters. The van der Waals surface area contributed by atoms with Crippen molar-refractivity contribution >= 4 is 17.7 Å². The predicted molar refractivity (Wildman–Crippen MR) is 85.2 cm³/mol. The number of aromatic nitrogens is 2. The number of aliphatic hydroxyl groups is 1. The molecule has 0 aliphatic heterocycles. The molecule has 0 aliphatic carbocycles. The molecule has 0 radical (unpaired) electrons. The minimum Gasteiger partial charge on any atom is -0.388 e. The van der Waals surface area contributed by atoms with Gasteiger partial charge >= 0.3 is 0 Å². The fourth-order valence-electron chi connectivity index (χ4n) is 1.83. The van der Waals surface area contributed by atoms with Gasteiger partial charge in [0.2, 0.25) is 5.78 Å². The smallest absolute Gasteiger partial charge is 0.207 e. The van der Waals surface area contributed by atoms with Gasteiger partial charge in [0.25, 0.3) is 0 Å². The maximum absolute atomic E-state index is 11.9. The molecule has 0 fully saturated rings. The highest BCUT2D eigenvalue weighted by Gasteiger charge is 2.09. The van der Waals surface area contributed by atoms with Crippen molar-refractivity contribution in [1.29, 1.82) is 0 Å². The number of likely N-dealkylation sites (N-methyl/N-ethyl adjacent to an activating group) is 1. The van der Waals surface area contributed by atoms with Crippen molar-refractivity contribution < 1.29 is 19.2 Å². The van der Waals surface area contributed by atoms with E-state index in [-0.39, 0.29) is 23.8 Å². The van der Waals surface area contributed by atoms with Crippen molar-refractivity contribution in [2.75, 3.05) is 32.2 Å². The lowest BCUT2D eigenvalue weighted by atomic mass is 10.2. The number of anilines is 1. The van der Waals surface area contributed by atoms with Crippen LogP contribution < -0.4 is 4.90 Å². The maximum atomic E-state index is 11.9. The molecule has 0 aliphatic rings. The highest BCUT2D eigenvalue weighted by Crippen LogP contribution is 2.11. The van der Waals surface area contributed by atoms with Gasteiger partial charge in [0.1, 0.15) is 12.4 Å². The minimum absolute atomic E-state index is 0.161. The predicted octanol–water partition coefficient (Wildman–Crippen LogP) is 1.54. The quantitative estimate of drug-likeness (QED) is 0.583. The van der Waals surface area contributed by atoms with Crippen molar-refractivity contribution in [3.8, 4) is 0 Å². The number of nitrogens with zero attached hydrogens (tertiary/aromatic N) is 3. The Hall–Kier alpha value is -2.51. The molecular weight excluding hydrogens is 298 g/mol. The van der Waals surface area contributed by atoms with Crippen LogP contribution in [0.4, 0.5) is 5.82 Å². The Bertz CT molecular complexity index is 664. The number of aliphatic hydroxyl groups excluding tert-OH is 1. The van der Waals surface area contributed by atoms with Crippen molar-refractivity contribution in [2.45, 2.75) is 6.61 Å². The van der Waals surface area contributed by atoms with Crippen LogP contribution in [0.15, 0.2) is 35.0 Å². The second-order valence-corrected chi connectivity index (χ2v) is 4.90. The Labute approximate surface area is 134 Å². The standard InChI is InChI=1S/C16H19N3O4/c1-19(7-8-22-2)16-6-4-12(10-17-16)3-5-15(21)14-9-13(11-20)23-18-14/h3-6,9-10,20H,7-8,11H2,1-2H3/b5-3+. The summed E-state index contributed by atoms with van der Waals surface area (Å²) in [6, 6.07) is 5.16. The third-order valence-electron chi connectivity index (χ3n) is 3.19. The zero-order valence-corrected chi connectivity index (χ0v) is 13.1. The molecule has 122 valence electrons. The molecule has 23 heavy (non-hydrogen) atoms. The summed E-state index contributed by atoms with van der Waals surface area (Å²) in [5, 5.41) is 12.5. The highest BCUT2D eigenvalue weighted by molar-refractivity contribution is 6.05. The molecule has 0 amide bonds. The van der Waals surface area contributed by atoms with Gasteiger partial charge in [-0.05, 0) is 29.8 Å². The van der Waals surface area contributed by atoms with E-state index in [0.717, 1.165) is 17.9 Å². The summed E-state index contributed by atoms with van der Waals surface area (Å²) in [5.74, 6) is 0.788. The van der Waals surface area contributed by atoms with Crippen LogP contribution in [0, 0.1) is 0 Å². The molecule has 0 spiro atoms. The molecule has 2 aromatic heterocycles. The van der Waals surface area contributed by atoms with Crippen LogP contribution in [0.5, 0.6) is 0 Å². The molecule has 2 rings (SSSR count). The van der Waals surface area contributed by atoms with E-state index in [2.05, 4.69) is 10.1 Å². The Morgan fingerprint density at radius 1 is 1.48 bits per heavy atom. The number of hydrogen-bond acceptors (Lipinski definition) is 7. The van der Waals surface area contributed by atoms with E-state index in [0.29, 0.717) is 6.61 Å². The van der Waals surface area contributed by atoms with Crippen molar-refractivity contribution in [1.82, 2.24) is 10.1 Å². The number of pyridine rings is 1. The van der Waals surface area contributed by atoms with Crippen LogP contribution in [0.3, 0.4) is 0 Å². The number of ketones is 1. The van der Waals surface area contributed by atoms with E-state index < -0.39 is 0 Å². The van der Waals surface area contributed by atoms with Crippen LogP contribution in [0.2, 0.25) is 0 Å². The number of rotatable bonds is 8. The second-order valence-electron chi connectivity index (χ2n) is 4.90. The number of ether oxygens (including phenoxy) is 1. The van der Waals surface area contributed by atoms with Crippen LogP contribution in [-0.2, 0) is 11.3 Å². The van der Waals surface area contributed by atoms with Crippen LogP contribution in [0.1, 0.15) is 21.8 Å². The Morgan fingerprint density at radius 3 is 2.91 bits per heavy atom. The van der Waals surface area contributed by atoms with Gasteiger partial charge in [0.15, 0.2) is 11.5 Å². The summed E-state index contributed by atoms with van der Waals surface area (Å²) >= 11 is 0. The largest absolute Gasteiger partial charge is 0.388 e. The topological polar surface area (TPSA) is 88.7 Å². The molecule has 7 heteroatoms. The van der Waals surface area contributed by atoms with Gasteiger partial charge in [-0.25, -0.2) is 4.98 Å². The average molecular weight is 317 g/mol. The van der Waals surface area contributed by atoms with Gasteiger partial charge in [0.05, 0.1) is 6.61 Å². The third kappa shape index (κ3) is 4.73. The Kier molecular flexibility index (Phi) is 6.02. The number of methoxy groups -OCH3 is 1. The van der Waals surface area contributed by atoms with Crippen LogP contribution >= 0.6 is 0 Å². The lowest BCUT2D eigenvalue weighted by Gasteiger charge is -2.17. The van der Waals surface area contributed by atoms with Gasteiger partial charge < -0.3 is 19.3 Å². The number of hydrogen-bond donors (Lipinski definition) is 1. The molecule has 0 bridgehead atoms. The highest BCUT2D eigenvalue weighted by atomic mass is 16.5. The van der Waals surface area contributed by atoms with E-state index in [1.165, 1.54) is 12.1 Å².